The molecule has 0 bridgehead atoms. The van der Waals surface area contributed by atoms with Crippen molar-refractivity contribution in [2.45, 2.75) is 40.4 Å². The first-order chi connectivity index (χ1) is 6.51. The molecular formula is C10H16O4. The second-order valence-electron chi connectivity index (χ2n) is 2.77. The molecule has 0 fully saturated rings. The van der Waals surface area contributed by atoms with Crippen LogP contribution < -0.4 is 0 Å². The fraction of sp³-hybridized carbons (Fsp3) is 0.600. The Morgan fingerprint density at radius 3 is 1.86 bits per heavy atom. The number of allylic oxidation sites excluding steroid dienone is 1. The number of hydrogen-bond acceptors (Lipinski definition) is 4. The van der Waals surface area contributed by atoms with E-state index in [4.69, 9.17) is 9.47 Å². The van der Waals surface area contributed by atoms with E-state index in [1.165, 1.54) is 13.8 Å². The minimum atomic E-state index is -0.875. The van der Waals surface area contributed by atoms with Crippen LogP contribution in [0.2, 0.25) is 0 Å². The maximum absolute atomic E-state index is 10.7. The van der Waals surface area contributed by atoms with Crippen LogP contribution in [-0.4, -0.2) is 18.2 Å². The molecular weight excluding hydrogens is 184 g/mol. The molecule has 14 heavy (non-hydrogen) atoms. The summed E-state index contributed by atoms with van der Waals surface area (Å²) in [5.74, 6) is -0.937. The van der Waals surface area contributed by atoms with Gasteiger partial charge in [-0.1, -0.05) is 13.0 Å². The SMILES string of the molecule is C/C=C(\CC)C(OC(C)=O)OC(C)=O. The van der Waals surface area contributed by atoms with Crippen molar-refractivity contribution in [3.8, 4) is 0 Å². The molecule has 0 aliphatic rings. The van der Waals surface area contributed by atoms with Crippen molar-refractivity contribution in [1.29, 1.82) is 0 Å². The molecule has 0 rings (SSSR count). The van der Waals surface area contributed by atoms with E-state index in [2.05, 4.69) is 0 Å². The van der Waals surface area contributed by atoms with Gasteiger partial charge in [-0.2, -0.15) is 0 Å². The summed E-state index contributed by atoms with van der Waals surface area (Å²) in [6.45, 7) is 6.26. The zero-order valence-electron chi connectivity index (χ0n) is 8.99. The predicted molar refractivity (Wildman–Crippen MR) is 51.4 cm³/mol. The molecule has 0 aliphatic heterocycles. The second kappa shape index (κ2) is 6.18. The highest BCUT2D eigenvalue weighted by Crippen LogP contribution is 2.13. The molecule has 0 amide bonds. The van der Waals surface area contributed by atoms with Gasteiger partial charge < -0.3 is 9.47 Å². The van der Waals surface area contributed by atoms with E-state index in [0.717, 1.165) is 5.57 Å². The first kappa shape index (κ1) is 12.7. The molecule has 0 atom stereocenters. The van der Waals surface area contributed by atoms with E-state index >= 15 is 0 Å². The highest BCUT2D eigenvalue weighted by atomic mass is 16.7. The van der Waals surface area contributed by atoms with Crippen molar-refractivity contribution >= 4 is 11.9 Å². The fourth-order valence-electron chi connectivity index (χ4n) is 0.984. The number of hydrogen-bond donors (Lipinski definition) is 0. The highest BCUT2D eigenvalue weighted by Gasteiger charge is 2.18. The minimum absolute atomic E-state index is 0.468. The molecule has 0 heterocycles. The number of rotatable bonds is 4. The summed E-state index contributed by atoms with van der Waals surface area (Å²) in [6.07, 6.45) is 1.57. The Kier molecular flexibility index (Phi) is 5.60. The van der Waals surface area contributed by atoms with Crippen LogP contribution in [0.1, 0.15) is 34.1 Å². The van der Waals surface area contributed by atoms with Gasteiger partial charge in [0.1, 0.15) is 0 Å². The first-order valence-electron chi connectivity index (χ1n) is 4.50. The smallest absolute Gasteiger partial charge is 0.305 e. The summed E-state index contributed by atoms with van der Waals surface area (Å²) in [6, 6.07) is 0. The third-order valence-corrected chi connectivity index (χ3v) is 1.63. The van der Waals surface area contributed by atoms with E-state index < -0.39 is 18.2 Å². The van der Waals surface area contributed by atoms with E-state index in [9.17, 15) is 9.59 Å². The molecule has 0 unspecified atom stereocenters. The lowest BCUT2D eigenvalue weighted by Crippen LogP contribution is -2.24. The van der Waals surface area contributed by atoms with Gasteiger partial charge in [0.15, 0.2) is 0 Å². The van der Waals surface area contributed by atoms with Gasteiger partial charge in [-0.05, 0) is 13.3 Å². The summed E-state index contributed by atoms with van der Waals surface area (Å²) in [5.41, 5.74) is 0.774. The average Bonchev–Trinajstić information content (AvgIpc) is 2.03. The summed E-state index contributed by atoms with van der Waals surface area (Å²) in [4.78, 5) is 21.5. The molecule has 0 aromatic heterocycles. The minimum Gasteiger partial charge on any atom is -0.421 e. The van der Waals surface area contributed by atoms with E-state index in [0.29, 0.717) is 6.42 Å². The van der Waals surface area contributed by atoms with E-state index in [-0.39, 0.29) is 0 Å². The lowest BCUT2D eigenvalue weighted by Gasteiger charge is -2.18. The zero-order chi connectivity index (χ0) is 11.1. The van der Waals surface area contributed by atoms with Gasteiger partial charge in [-0.25, -0.2) is 0 Å². The van der Waals surface area contributed by atoms with Gasteiger partial charge in [0.05, 0.1) is 0 Å². The van der Waals surface area contributed by atoms with Crippen molar-refractivity contribution in [2.75, 3.05) is 0 Å². The molecule has 0 spiro atoms. The van der Waals surface area contributed by atoms with Gasteiger partial charge in [0, 0.05) is 19.4 Å². The lowest BCUT2D eigenvalue weighted by atomic mass is 10.2. The molecule has 0 aromatic rings. The molecule has 0 saturated carbocycles. The third kappa shape index (κ3) is 4.64. The topological polar surface area (TPSA) is 52.6 Å². The van der Waals surface area contributed by atoms with Crippen LogP contribution >= 0.6 is 0 Å². The standard InChI is InChI=1S/C10H16O4/c1-5-9(6-2)10(13-7(3)11)14-8(4)12/h5,10H,6H2,1-4H3/b9-5+. The van der Waals surface area contributed by atoms with Crippen LogP contribution in [0.5, 0.6) is 0 Å². The summed E-state index contributed by atoms with van der Waals surface area (Å²) < 4.78 is 9.71. The molecule has 0 saturated heterocycles. The third-order valence-electron chi connectivity index (χ3n) is 1.63. The van der Waals surface area contributed by atoms with Gasteiger partial charge in [-0.3, -0.25) is 9.59 Å². The van der Waals surface area contributed by atoms with Crippen LogP contribution in [0.3, 0.4) is 0 Å². The van der Waals surface area contributed by atoms with Crippen molar-refractivity contribution < 1.29 is 19.1 Å². The fourth-order valence-corrected chi connectivity index (χ4v) is 0.984. The Balaban J connectivity index is 4.52. The molecule has 0 radical (unpaired) electrons. The Bertz CT molecular complexity index is 227. The second-order valence-corrected chi connectivity index (χ2v) is 2.77. The summed E-state index contributed by atoms with van der Waals surface area (Å²) in [5, 5.41) is 0. The molecule has 4 heteroatoms. The van der Waals surface area contributed by atoms with Crippen LogP contribution in [0.4, 0.5) is 0 Å². The number of carbonyl (C=O) groups excluding carboxylic acids is 2. The van der Waals surface area contributed by atoms with Gasteiger partial charge in [0.2, 0.25) is 0 Å². The Morgan fingerprint density at radius 2 is 1.64 bits per heavy atom. The maximum atomic E-state index is 10.7. The van der Waals surface area contributed by atoms with E-state index in [1.54, 1.807) is 13.0 Å². The van der Waals surface area contributed by atoms with Crippen LogP contribution in [0.25, 0.3) is 0 Å². The molecule has 0 aromatic carbocycles. The normalized spacial score (nSPS) is 11.4. The number of carbonyl (C=O) groups is 2. The van der Waals surface area contributed by atoms with Crippen molar-refractivity contribution in [2.24, 2.45) is 0 Å². The molecule has 0 aliphatic carbocycles. The molecule has 4 nitrogen and oxygen atoms in total. The van der Waals surface area contributed by atoms with Crippen LogP contribution in [0, 0.1) is 0 Å². The van der Waals surface area contributed by atoms with Crippen LogP contribution in [0.15, 0.2) is 11.6 Å². The van der Waals surface area contributed by atoms with Gasteiger partial charge in [-0.15, -0.1) is 0 Å². The van der Waals surface area contributed by atoms with Gasteiger partial charge in [0.25, 0.3) is 6.29 Å². The van der Waals surface area contributed by atoms with Crippen molar-refractivity contribution in [3.63, 3.8) is 0 Å². The van der Waals surface area contributed by atoms with Crippen molar-refractivity contribution in [1.82, 2.24) is 0 Å². The Morgan fingerprint density at radius 1 is 1.21 bits per heavy atom. The van der Waals surface area contributed by atoms with E-state index in [1.807, 2.05) is 6.92 Å². The quantitative estimate of drug-likeness (QED) is 0.394. The first-order valence-corrected chi connectivity index (χ1v) is 4.50. The monoisotopic (exact) mass is 200 g/mol. The maximum Gasteiger partial charge on any atom is 0.305 e. The number of ether oxygens (including phenoxy) is 2. The number of esters is 2. The largest absolute Gasteiger partial charge is 0.421 e. The van der Waals surface area contributed by atoms with Crippen molar-refractivity contribution in [3.05, 3.63) is 11.6 Å². The Labute approximate surface area is 83.9 Å². The molecule has 0 N–H and O–H groups in total. The van der Waals surface area contributed by atoms with Gasteiger partial charge >= 0.3 is 11.9 Å². The summed E-state index contributed by atoms with van der Waals surface area (Å²) >= 11 is 0. The Hall–Kier alpha value is -1.32. The summed E-state index contributed by atoms with van der Waals surface area (Å²) in [7, 11) is 0. The average molecular weight is 200 g/mol. The zero-order valence-corrected chi connectivity index (χ0v) is 8.99. The lowest BCUT2D eigenvalue weighted by molar-refractivity contribution is -0.178. The highest BCUT2D eigenvalue weighted by molar-refractivity contribution is 5.68. The predicted octanol–water partition coefficient (Wildman–Crippen LogP) is 1.79. The van der Waals surface area contributed by atoms with Crippen LogP contribution in [-0.2, 0) is 19.1 Å². The molecule has 80 valence electrons.